The summed E-state index contributed by atoms with van der Waals surface area (Å²) in [5.41, 5.74) is 2.82. The van der Waals surface area contributed by atoms with Crippen LogP contribution in [0.4, 0.5) is 0 Å². The summed E-state index contributed by atoms with van der Waals surface area (Å²) in [5, 5.41) is 0. The van der Waals surface area contributed by atoms with Gasteiger partial charge in [-0.2, -0.15) is 0 Å². The average Bonchev–Trinajstić information content (AvgIpc) is 2.38. The number of rotatable bonds is 5. The van der Waals surface area contributed by atoms with Gasteiger partial charge in [0.05, 0.1) is 20.3 Å². The Bertz CT molecular complexity index is 516. The third-order valence-electron chi connectivity index (χ3n) is 3.81. The van der Waals surface area contributed by atoms with E-state index in [0.29, 0.717) is 6.04 Å². The van der Waals surface area contributed by atoms with Gasteiger partial charge in [0.15, 0.2) is 0 Å². The van der Waals surface area contributed by atoms with E-state index in [1.165, 1.54) is 17.3 Å². The van der Waals surface area contributed by atoms with Crippen LogP contribution in [0.5, 0.6) is 0 Å². The molecule has 0 atom stereocenters. The van der Waals surface area contributed by atoms with Crippen molar-refractivity contribution in [3.8, 4) is 0 Å². The van der Waals surface area contributed by atoms with E-state index in [2.05, 4.69) is 94.4 Å². The molecule has 0 radical (unpaired) electrons. The van der Waals surface area contributed by atoms with Crippen molar-refractivity contribution in [1.29, 1.82) is 0 Å². The Morgan fingerprint density at radius 3 is 1.48 bits per heavy atom. The molecule has 0 aromatic heterocycles. The van der Waals surface area contributed by atoms with E-state index in [0.717, 1.165) is 4.48 Å². The number of quaternary nitrogens is 1. The summed E-state index contributed by atoms with van der Waals surface area (Å²) in [4.78, 5) is 0. The highest BCUT2D eigenvalue weighted by Crippen LogP contribution is 2.33. The van der Waals surface area contributed by atoms with Gasteiger partial charge in [0.1, 0.15) is 14.1 Å². The fourth-order valence-corrected chi connectivity index (χ4v) is 6.21. The lowest BCUT2D eigenvalue weighted by molar-refractivity contribution is -0.905. The van der Waals surface area contributed by atoms with E-state index in [-0.39, 0.29) is 0 Å². The lowest BCUT2D eigenvalue weighted by Crippen LogP contribution is -2.52. The molecular formula is C19H28NSi+. The summed E-state index contributed by atoms with van der Waals surface area (Å²) in [5.74, 6) is 0. The van der Waals surface area contributed by atoms with Crippen LogP contribution in [0, 0.1) is 0 Å². The van der Waals surface area contributed by atoms with Crippen molar-refractivity contribution in [2.24, 2.45) is 0 Å². The fraction of sp³-hybridized carbons (Fsp3) is 0.368. The van der Waals surface area contributed by atoms with Crippen LogP contribution in [0.3, 0.4) is 0 Å². The van der Waals surface area contributed by atoms with Gasteiger partial charge in [-0.05, 0) is 0 Å². The number of hydrogen-bond acceptors (Lipinski definition) is 0. The normalized spacial score (nSPS) is 12.7. The smallest absolute Gasteiger partial charge is 0.140 e. The maximum Gasteiger partial charge on any atom is 0.140 e. The molecule has 0 saturated heterocycles. The zero-order valence-electron chi connectivity index (χ0n) is 14.0. The van der Waals surface area contributed by atoms with Crippen LogP contribution in [0.1, 0.15) is 17.2 Å². The first-order valence-corrected chi connectivity index (χ1v) is 11.4. The van der Waals surface area contributed by atoms with Crippen LogP contribution in [-0.2, 0) is 0 Å². The van der Waals surface area contributed by atoms with Crippen molar-refractivity contribution >= 4 is 8.07 Å². The predicted octanol–water partition coefficient (Wildman–Crippen LogP) is 4.73. The Balaban J connectivity index is 2.47. The van der Waals surface area contributed by atoms with E-state index in [4.69, 9.17) is 0 Å². The molecule has 0 aliphatic heterocycles. The van der Waals surface area contributed by atoms with E-state index < -0.39 is 8.07 Å². The molecule has 1 nitrogen and oxygen atoms in total. The molecular weight excluding hydrogens is 270 g/mol. The van der Waals surface area contributed by atoms with Crippen molar-refractivity contribution in [3.63, 3.8) is 0 Å². The molecule has 0 spiro atoms. The van der Waals surface area contributed by atoms with Crippen LogP contribution in [0.25, 0.3) is 0 Å². The molecule has 0 bridgehead atoms. The molecule has 112 valence electrons. The highest BCUT2D eigenvalue weighted by molar-refractivity contribution is 6.76. The van der Waals surface area contributed by atoms with Crippen molar-refractivity contribution < 1.29 is 4.48 Å². The Labute approximate surface area is 130 Å². The van der Waals surface area contributed by atoms with Gasteiger partial charge in [-0.1, -0.05) is 80.3 Å². The van der Waals surface area contributed by atoms with Crippen molar-refractivity contribution in [2.45, 2.75) is 25.7 Å². The molecule has 0 aliphatic carbocycles. The first kappa shape index (κ1) is 16.0. The maximum absolute atomic E-state index is 2.46. The van der Waals surface area contributed by atoms with Gasteiger partial charge in [0, 0.05) is 11.1 Å². The number of hydrogen-bond donors (Lipinski definition) is 0. The Hall–Kier alpha value is -1.38. The standard InChI is InChI=1S/C19H28NSi/c1-20(2,16-21(3,4)5)19(17-12-8-6-9-13-17)18-14-10-7-11-15-18/h6-15,19H,16H2,1-5H3/q+1. The Kier molecular flexibility index (Phi) is 4.69. The molecule has 0 amide bonds. The predicted molar refractivity (Wildman–Crippen MR) is 95.0 cm³/mol. The quantitative estimate of drug-likeness (QED) is 0.553. The summed E-state index contributed by atoms with van der Waals surface area (Å²) in [6, 6.07) is 22.3. The molecule has 0 fully saturated rings. The first-order valence-electron chi connectivity index (χ1n) is 7.72. The molecule has 2 aromatic carbocycles. The SMILES string of the molecule is C[N+](C)(C[Si](C)(C)C)C(c1ccccc1)c1ccccc1. The minimum atomic E-state index is -1.15. The van der Waals surface area contributed by atoms with Gasteiger partial charge in [0.25, 0.3) is 0 Å². The van der Waals surface area contributed by atoms with Crippen LogP contribution in [0.2, 0.25) is 19.6 Å². The second-order valence-electron chi connectivity index (χ2n) is 7.72. The zero-order chi connectivity index (χ0) is 15.5. The summed E-state index contributed by atoms with van der Waals surface area (Å²) in [7, 11) is 3.61. The van der Waals surface area contributed by atoms with Crippen LogP contribution < -0.4 is 0 Å². The second-order valence-corrected chi connectivity index (χ2v) is 13.2. The Morgan fingerprint density at radius 2 is 1.14 bits per heavy atom. The third kappa shape index (κ3) is 4.29. The van der Waals surface area contributed by atoms with E-state index in [1.807, 2.05) is 0 Å². The Morgan fingerprint density at radius 1 is 0.762 bits per heavy atom. The highest BCUT2D eigenvalue weighted by Gasteiger charge is 2.35. The number of benzene rings is 2. The minimum Gasteiger partial charge on any atom is -0.322 e. The number of nitrogens with zero attached hydrogens (tertiary/aromatic N) is 1. The zero-order valence-corrected chi connectivity index (χ0v) is 15.0. The highest BCUT2D eigenvalue weighted by atomic mass is 28.3. The molecule has 0 saturated carbocycles. The molecule has 2 rings (SSSR count). The molecule has 2 aromatic rings. The molecule has 0 unspecified atom stereocenters. The van der Waals surface area contributed by atoms with Crippen molar-refractivity contribution in [1.82, 2.24) is 0 Å². The van der Waals surface area contributed by atoms with Gasteiger partial charge < -0.3 is 4.48 Å². The molecule has 0 aliphatic rings. The van der Waals surface area contributed by atoms with E-state index >= 15 is 0 Å². The monoisotopic (exact) mass is 298 g/mol. The van der Waals surface area contributed by atoms with Crippen molar-refractivity contribution in [2.75, 3.05) is 20.3 Å². The van der Waals surface area contributed by atoms with Gasteiger partial charge in [0.2, 0.25) is 0 Å². The van der Waals surface area contributed by atoms with Gasteiger partial charge >= 0.3 is 0 Å². The fourth-order valence-electron chi connectivity index (χ4n) is 3.58. The van der Waals surface area contributed by atoms with Gasteiger partial charge in [-0.3, -0.25) is 0 Å². The minimum absolute atomic E-state index is 0.402. The molecule has 21 heavy (non-hydrogen) atoms. The van der Waals surface area contributed by atoms with E-state index in [9.17, 15) is 0 Å². The maximum atomic E-state index is 2.46. The van der Waals surface area contributed by atoms with Gasteiger partial charge in [-0.25, -0.2) is 0 Å². The lowest BCUT2D eigenvalue weighted by atomic mass is 9.96. The summed E-state index contributed by atoms with van der Waals surface area (Å²) in [6.07, 6.45) is 1.27. The lowest BCUT2D eigenvalue weighted by Gasteiger charge is -2.42. The van der Waals surface area contributed by atoms with Crippen LogP contribution in [0.15, 0.2) is 60.7 Å². The summed E-state index contributed by atoms with van der Waals surface area (Å²) < 4.78 is 1.02. The summed E-state index contributed by atoms with van der Waals surface area (Å²) in [6.45, 7) is 7.38. The first-order chi connectivity index (χ1) is 9.80. The van der Waals surface area contributed by atoms with E-state index in [1.54, 1.807) is 0 Å². The molecule has 0 heterocycles. The molecule has 0 N–H and O–H groups in total. The van der Waals surface area contributed by atoms with Crippen molar-refractivity contribution in [3.05, 3.63) is 71.8 Å². The second kappa shape index (κ2) is 6.16. The van der Waals surface area contributed by atoms with Gasteiger partial charge in [-0.15, -0.1) is 0 Å². The topological polar surface area (TPSA) is 0 Å². The third-order valence-corrected chi connectivity index (χ3v) is 5.58. The van der Waals surface area contributed by atoms with Crippen LogP contribution >= 0.6 is 0 Å². The molecule has 2 heteroatoms. The largest absolute Gasteiger partial charge is 0.322 e. The summed E-state index contributed by atoms with van der Waals surface area (Å²) >= 11 is 0. The average molecular weight is 299 g/mol. The van der Waals surface area contributed by atoms with Crippen LogP contribution in [-0.4, -0.2) is 32.8 Å².